The molecule has 0 aromatic heterocycles. The number of piperidine rings is 1. The minimum atomic E-state index is -0.444. The maximum atomic E-state index is 11.6. The van der Waals surface area contributed by atoms with Gasteiger partial charge in [-0.25, -0.2) is 0 Å². The standard InChI is InChI=1S/C12H23N3O2/c1-9(12(17)13-2)15-11(16)4-3-10-5-7-14-8-6-10/h9-10,14H,3-8H2,1-2H3,(H,13,17)(H,15,16)/t9-/m1/s1. The molecule has 3 N–H and O–H groups in total. The molecule has 1 heterocycles. The smallest absolute Gasteiger partial charge is 0.242 e. The summed E-state index contributed by atoms with van der Waals surface area (Å²) >= 11 is 0. The largest absolute Gasteiger partial charge is 0.357 e. The molecule has 0 saturated carbocycles. The third-order valence-electron chi connectivity index (χ3n) is 3.26. The van der Waals surface area contributed by atoms with Crippen molar-refractivity contribution in [3.05, 3.63) is 0 Å². The van der Waals surface area contributed by atoms with E-state index >= 15 is 0 Å². The highest BCUT2D eigenvalue weighted by molar-refractivity contribution is 5.86. The second kappa shape index (κ2) is 7.27. The van der Waals surface area contributed by atoms with E-state index in [1.807, 2.05) is 0 Å². The Morgan fingerprint density at radius 2 is 2.00 bits per heavy atom. The number of carbonyl (C=O) groups is 2. The number of carbonyl (C=O) groups excluding carboxylic acids is 2. The molecule has 1 rings (SSSR count). The first kappa shape index (κ1) is 14.0. The van der Waals surface area contributed by atoms with Gasteiger partial charge in [0.15, 0.2) is 0 Å². The third-order valence-corrected chi connectivity index (χ3v) is 3.26. The van der Waals surface area contributed by atoms with E-state index in [0.717, 1.165) is 32.4 Å². The predicted octanol–water partition coefficient (Wildman–Crippen LogP) is 0.0169. The lowest BCUT2D eigenvalue weighted by molar-refractivity contribution is -0.128. The Kier molecular flexibility index (Phi) is 5.97. The molecule has 1 saturated heterocycles. The topological polar surface area (TPSA) is 70.2 Å². The summed E-state index contributed by atoms with van der Waals surface area (Å²) in [6.45, 7) is 3.81. The van der Waals surface area contributed by atoms with Crippen molar-refractivity contribution >= 4 is 11.8 Å². The maximum absolute atomic E-state index is 11.6. The Morgan fingerprint density at radius 3 is 2.59 bits per heavy atom. The number of amides is 2. The van der Waals surface area contributed by atoms with Crippen molar-refractivity contribution in [1.82, 2.24) is 16.0 Å². The van der Waals surface area contributed by atoms with Gasteiger partial charge in [0.2, 0.25) is 11.8 Å². The number of likely N-dealkylation sites (N-methyl/N-ethyl adjacent to an activating group) is 1. The third kappa shape index (κ3) is 5.17. The van der Waals surface area contributed by atoms with Crippen LogP contribution in [0.3, 0.4) is 0 Å². The predicted molar refractivity (Wildman–Crippen MR) is 66.5 cm³/mol. The molecule has 5 heteroatoms. The molecule has 1 fully saturated rings. The van der Waals surface area contributed by atoms with Crippen LogP contribution in [0.25, 0.3) is 0 Å². The second-order valence-electron chi connectivity index (χ2n) is 4.64. The molecule has 17 heavy (non-hydrogen) atoms. The van der Waals surface area contributed by atoms with Crippen LogP contribution < -0.4 is 16.0 Å². The van der Waals surface area contributed by atoms with Crippen molar-refractivity contribution in [3.63, 3.8) is 0 Å². The minimum Gasteiger partial charge on any atom is -0.357 e. The summed E-state index contributed by atoms with van der Waals surface area (Å²) in [7, 11) is 1.57. The highest BCUT2D eigenvalue weighted by Crippen LogP contribution is 2.17. The Bertz CT molecular complexity index is 262. The Morgan fingerprint density at radius 1 is 1.35 bits per heavy atom. The molecular formula is C12H23N3O2. The number of nitrogens with one attached hydrogen (secondary N) is 3. The van der Waals surface area contributed by atoms with Crippen molar-refractivity contribution < 1.29 is 9.59 Å². The molecule has 0 aromatic carbocycles. The van der Waals surface area contributed by atoms with Crippen LogP contribution in [0.15, 0.2) is 0 Å². The van der Waals surface area contributed by atoms with Crippen LogP contribution in [0.1, 0.15) is 32.6 Å². The van der Waals surface area contributed by atoms with Gasteiger partial charge in [-0.2, -0.15) is 0 Å². The normalized spacial score (nSPS) is 18.5. The van der Waals surface area contributed by atoms with Crippen molar-refractivity contribution in [1.29, 1.82) is 0 Å². The van der Waals surface area contributed by atoms with Gasteiger partial charge in [-0.1, -0.05) is 0 Å². The molecule has 2 amide bonds. The van der Waals surface area contributed by atoms with Crippen molar-refractivity contribution in [2.24, 2.45) is 5.92 Å². The second-order valence-corrected chi connectivity index (χ2v) is 4.64. The minimum absolute atomic E-state index is 0.0281. The summed E-state index contributed by atoms with van der Waals surface area (Å²) in [6.07, 6.45) is 3.75. The maximum Gasteiger partial charge on any atom is 0.242 e. The van der Waals surface area contributed by atoms with Crippen LogP contribution in [0, 0.1) is 5.92 Å². The quantitative estimate of drug-likeness (QED) is 0.635. The van der Waals surface area contributed by atoms with E-state index in [-0.39, 0.29) is 11.8 Å². The van der Waals surface area contributed by atoms with E-state index in [1.54, 1.807) is 14.0 Å². The zero-order chi connectivity index (χ0) is 12.7. The van der Waals surface area contributed by atoms with Crippen LogP contribution in [0.5, 0.6) is 0 Å². The molecule has 0 radical (unpaired) electrons. The monoisotopic (exact) mass is 241 g/mol. The summed E-state index contributed by atoms with van der Waals surface area (Å²) in [5.74, 6) is 0.470. The Labute approximate surface area is 103 Å². The van der Waals surface area contributed by atoms with Crippen LogP contribution in [-0.4, -0.2) is 38.0 Å². The molecule has 1 atom stereocenters. The van der Waals surface area contributed by atoms with Crippen molar-refractivity contribution in [2.45, 2.75) is 38.6 Å². The Balaban J connectivity index is 2.18. The molecule has 0 aromatic rings. The fourth-order valence-electron chi connectivity index (χ4n) is 2.10. The number of rotatable bonds is 5. The van der Waals surface area contributed by atoms with E-state index < -0.39 is 6.04 Å². The molecule has 98 valence electrons. The summed E-state index contributed by atoms with van der Waals surface area (Å²) in [5, 5.41) is 8.52. The fourth-order valence-corrected chi connectivity index (χ4v) is 2.10. The van der Waals surface area contributed by atoms with Gasteiger partial charge < -0.3 is 16.0 Å². The van der Waals surface area contributed by atoms with Gasteiger partial charge in [0.05, 0.1) is 0 Å². The average molecular weight is 241 g/mol. The van der Waals surface area contributed by atoms with Crippen molar-refractivity contribution in [2.75, 3.05) is 20.1 Å². The van der Waals surface area contributed by atoms with Crippen molar-refractivity contribution in [3.8, 4) is 0 Å². The molecule has 1 aliphatic heterocycles. The first-order chi connectivity index (χ1) is 8.13. The van der Waals surface area contributed by atoms with E-state index in [0.29, 0.717) is 12.3 Å². The zero-order valence-corrected chi connectivity index (χ0v) is 10.7. The molecule has 0 bridgehead atoms. The lowest BCUT2D eigenvalue weighted by Crippen LogP contribution is -2.43. The summed E-state index contributed by atoms with van der Waals surface area (Å²) in [5.41, 5.74) is 0. The van der Waals surface area contributed by atoms with Crippen LogP contribution in [0.2, 0.25) is 0 Å². The number of hydrogen-bond acceptors (Lipinski definition) is 3. The molecule has 5 nitrogen and oxygen atoms in total. The van der Waals surface area contributed by atoms with Crippen LogP contribution in [-0.2, 0) is 9.59 Å². The zero-order valence-electron chi connectivity index (χ0n) is 10.7. The van der Waals surface area contributed by atoms with Gasteiger partial charge in [-0.15, -0.1) is 0 Å². The van der Waals surface area contributed by atoms with E-state index in [1.165, 1.54) is 0 Å². The molecule has 1 aliphatic rings. The lowest BCUT2D eigenvalue weighted by Gasteiger charge is -2.22. The molecule has 0 unspecified atom stereocenters. The number of hydrogen-bond donors (Lipinski definition) is 3. The SMILES string of the molecule is CNC(=O)[C@@H](C)NC(=O)CCC1CCNCC1. The van der Waals surface area contributed by atoms with Gasteiger partial charge in [-0.05, 0) is 45.2 Å². The first-order valence-electron chi connectivity index (χ1n) is 6.35. The van der Waals surface area contributed by atoms with E-state index in [2.05, 4.69) is 16.0 Å². The summed E-state index contributed by atoms with van der Waals surface area (Å²) in [6, 6.07) is -0.444. The molecule has 0 spiro atoms. The van der Waals surface area contributed by atoms with Gasteiger partial charge in [0.1, 0.15) is 6.04 Å². The molecule has 0 aliphatic carbocycles. The first-order valence-corrected chi connectivity index (χ1v) is 6.35. The summed E-state index contributed by atoms with van der Waals surface area (Å²) < 4.78 is 0. The average Bonchev–Trinajstić information content (AvgIpc) is 2.36. The van der Waals surface area contributed by atoms with Crippen LogP contribution >= 0.6 is 0 Å². The highest BCUT2D eigenvalue weighted by atomic mass is 16.2. The van der Waals surface area contributed by atoms with Gasteiger partial charge in [0, 0.05) is 13.5 Å². The lowest BCUT2D eigenvalue weighted by atomic mass is 9.93. The van der Waals surface area contributed by atoms with E-state index in [9.17, 15) is 9.59 Å². The van der Waals surface area contributed by atoms with Gasteiger partial charge in [0.25, 0.3) is 0 Å². The summed E-state index contributed by atoms with van der Waals surface area (Å²) in [4.78, 5) is 22.8. The van der Waals surface area contributed by atoms with Crippen LogP contribution in [0.4, 0.5) is 0 Å². The Hall–Kier alpha value is -1.10. The fraction of sp³-hybridized carbons (Fsp3) is 0.833. The highest BCUT2D eigenvalue weighted by Gasteiger charge is 2.17. The van der Waals surface area contributed by atoms with E-state index in [4.69, 9.17) is 0 Å². The molecular weight excluding hydrogens is 218 g/mol. The van der Waals surface area contributed by atoms with Gasteiger partial charge >= 0.3 is 0 Å². The van der Waals surface area contributed by atoms with Gasteiger partial charge in [-0.3, -0.25) is 9.59 Å².